The molecule has 4 rings (SSSR count). The number of imide groups is 1. The maximum absolute atomic E-state index is 13.0. The van der Waals surface area contributed by atoms with E-state index in [1.165, 1.54) is 24.3 Å². The van der Waals surface area contributed by atoms with Gasteiger partial charge in [0.15, 0.2) is 0 Å². The zero-order valence-corrected chi connectivity index (χ0v) is 22.2. The summed E-state index contributed by atoms with van der Waals surface area (Å²) >= 11 is 18.2. The van der Waals surface area contributed by atoms with Crippen LogP contribution in [0.25, 0.3) is 0 Å². The zero-order chi connectivity index (χ0) is 27.4. The van der Waals surface area contributed by atoms with Crippen molar-refractivity contribution in [1.29, 1.82) is 0 Å². The lowest BCUT2D eigenvalue weighted by atomic mass is 10.1. The Morgan fingerprint density at radius 2 is 1.58 bits per heavy atom. The van der Waals surface area contributed by atoms with Crippen LogP contribution in [0.2, 0.25) is 10.0 Å². The number of nitrogens with one attached hydrogen (secondary N) is 2. The third-order valence-corrected chi connectivity index (χ3v) is 6.49. The van der Waals surface area contributed by atoms with Crippen LogP contribution < -0.4 is 15.5 Å². The van der Waals surface area contributed by atoms with E-state index in [9.17, 15) is 19.2 Å². The third-order valence-electron chi connectivity index (χ3n) is 5.40. The summed E-state index contributed by atoms with van der Waals surface area (Å²) in [7, 11) is 0. The Kier molecular flexibility index (Phi) is 8.36. The lowest BCUT2D eigenvalue weighted by Gasteiger charge is -2.16. The third kappa shape index (κ3) is 5.83. The number of esters is 1. The van der Waals surface area contributed by atoms with Gasteiger partial charge in [-0.15, -0.1) is 0 Å². The summed E-state index contributed by atoms with van der Waals surface area (Å²) in [5.74, 6) is -2.28. The van der Waals surface area contributed by atoms with Gasteiger partial charge in [0, 0.05) is 16.9 Å². The summed E-state index contributed by atoms with van der Waals surface area (Å²) in [6, 6.07) is 16.9. The van der Waals surface area contributed by atoms with Crippen molar-refractivity contribution in [3.8, 4) is 0 Å². The van der Waals surface area contributed by atoms with Crippen molar-refractivity contribution >= 4 is 75.6 Å². The molecule has 38 heavy (non-hydrogen) atoms. The topological polar surface area (TPSA) is 105 Å². The molecule has 0 spiro atoms. The van der Waals surface area contributed by atoms with Crippen molar-refractivity contribution in [2.45, 2.75) is 13.3 Å². The average Bonchev–Trinajstić information content (AvgIpc) is 3.12. The normalized spacial score (nSPS) is 13.1. The van der Waals surface area contributed by atoms with E-state index in [1.54, 1.807) is 42.5 Å². The molecule has 11 heteroatoms. The second-order valence-corrected chi connectivity index (χ2v) is 9.30. The Bertz CT molecular complexity index is 1470. The first-order valence-electron chi connectivity index (χ1n) is 11.4. The summed E-state index contributed by atoms with van der Waals surface area (Å²) < 4.78 is 5.09. The molecular formula is C27H20Cl3N3O5. The highest BCUT2D eigenvalue weighted by Gasteiger charge is 2.39. The predicted octanol–water partition coefficient (Wildman–Crippen LogP) is 6.25. The lowest BCUT2D eigenvalue weighted by molar-refractivity contribution is -0.120. The number of anilines is 3. The first-order chi connectivity index (χ1) is 18.2. The molecule has 0 radical (unpaired) electrons. The van der Waals surface area contributed by atoms with Crippen molar-refractivity contribution in [3.63, 3.8) is 0 Å². The van der Waals surface area contributed by atoms with Gasteiger partial charge in [0.2, 0.25) is 0 Å². The zero-order valence-electron chi connectivity index (χ0n) is 19.9. The van der Waals surface area contributed by atoms with Crippen LogP contribution in [0, 0.1) is 0 Å². The predicted molar refractivity (Wildman–Crippen MR) is 147 cm³/mol. The number of amides is 3. The van der Waals surface area contributed by atoms with Crippen LogP contribution in [0.15, 0.2) is 77.5 Å². The molecule has 1 aliphatic rings. The highest BCUT2D eigenvalue weighted by Crippen LogP contribution is 2.33. The van der Waals surface area contributed by atoms with Crippen LogP contribution in [0.5, 0.6) is 0 Å². The Morgan fingerprint density at radius 3 is 2.26 bits per heavy atom. The van der Waals surface area contributed by atoms with Crippen LogP contribution >= 0.6 is 34.8 Å². The summed E-state index contributed by atoms with van der Waals surface area (Å²) in [6.07, 6.45) is 0.719. The molecular weight excluding hydrogens is 553 g/mol. The van der Waals surface area contributed by atoms with Crippen LogP contribution in [-0.2, 0) is 14.3 Å². The van der Waals surface area contributed by atoms with Gasteiger partial charge in [-0.25, -0.2) is 9.69 Å². The first-order valence-corrected chi connectivity index (χ1v) is 12.5. The second-order valence-electron chi connectivity index (χ2n) is 8.11. The van der Waals surface area contributed by atoms with E-state index >= 15 is 0 Å². The van der Waals surface area contributed by atoms with Crippen LogP contribution in [0.1, 0.15) is 34.1 Å². The van der Waals surface area contributed by atoms with E-state index < -0.39 is 23.7 Å². The SMILES string of the molecule is CCCOC(=O)c1ccc(NC(=O)c2cccc(NC3=C(Cl)C(=O)N(c4ccc(Cl)c(Cl)c4)C3=O)c2)cc1. The molecule has 1 heterocycles. The number of benzene rings is 3. The molecule has 0 fully saturated rings. The first kappa shape index (κ1) is 27.2. The minimum atomic E-state index is -0.728. The monoisotopic (exact) mass is 571 g/mol. The van der Waals surface area contributed by atoms with E-state index in [0.29, 0.717) is 23.5 Å². The molecule has 3 aromatic rings. The quantitative estimate of drug-likeness (QED) is 0.244. The fraction of sp³-hybridized carbons (Fsp3) is 0.111. The minimum absolute atomic E-state index is 0.147. The van der Waals surface area contributed by atoms with E-state index in [1.807, 2.05) is 6.92 Å². The van der Waals surface area contributed by atoms with E-state index in [-0.39, 0.29) is 32.0 Å². The molecule has 0 saturated carbocycles. The van der Waals surface area contributed by atoms with Crippen LogP contribution in [0.3, 0.4) is 0 Å². The van der Waals surface area contributed by atoms with Gasteiger partial charge in [-0.3, -0.25) is 14.4 Å². The molecule has 1 aliphatic heterocycles. The Morgan fingerprint density at radius 1 is 0.842 bits per heavy atom. The van der Waals surface area contributed by atoms with Gasteiger partial charge in [-0.1, -0.05) is 47.8 Å². The van der Waals surface area contributed by atoms with Crippen molar-refractivity contribution in [2.75, 3.05) is 22.1 Å². The number of ether oxygens (including phenoxy) is 1. The molecule has 2 N–H and O–H groups in total. The number of carbonyl (C=O) groups excluding carboxylic acids is 4. The highest BCUT2D eigenvalue weighted by atomic mass is 35.5. The molecule has 0 bridgehead atoms. The fourth-order valence-electron chi connectivity index (χ4n) is 3.52. The molecule has 3 aromatic carbocycles. The van der Waals surface area contributed by atoms with Gasteiger partial charge in [-0.05, 0) is 67.1 Å². The van der Waals surface area contributed by atoms with Gasteiger partial charge in [0.1, 0.15) is 10.7 Å². The highest BCUT2D eigenvalue weighted by molar-refractivity contribution is 6.53. The van der Waals surface area contributed by atoms with Crippen LogP contribution in [-0.4, -0.2) is 30.3 Å². The minimum Gasteiger partial charge on any atom is -0.462 e. The van der Waals surface area contributed by atoms with E-state index in [2.05, 4.69) is 10.6 Å². The number of hydrogen-bond acceptors (Lipinski definition) is 6. The van der Waals surface area contributed by atoms with Gasteiger partial charge in [0.05, 0.1) is 27.9 Å². The smallest absolute Gasteiger partial charge is 0.338 e. The van der Waals surface area contributed by atoms with Gasteiger partial charge < -0.3 is 15.4 Å². The van der Waals surface area contributed by atoms with Gasteiger partial charge in [-0.2, -0.15) is 0 Å². The molecule has 194 valence electrons. The molecule has 3 amide bonds. The molecule has 0 atom stereocenters. The number of hydrogen-bond donors (Lipinski definition) is 2. The molecule has 8 nitrogen and oxygen atoms in total. The largest absolute Gasteiger partial charge is 0.462 e. The van der Waals surface area contributed by atoms with Gasteiger partial charge in [0.25, 0.3) is 17.7 Å². The molecule has 0 aliphatic carbocycles. The summed E-state index contributed by atoms with van der Waals surface area (Å²) in [5.41, 5.74) is 1.54. The Balaban J connectivity index is 1.46. The van der Waals surface area contributed by atoms with E-state index in [4.69, 9.17) is 39.5 Å². The summed E-state index contributed by atoms with van der Waals surface area (Å²) in [4.78, 5) is 51.4. The fourth-order valence-corrected chi connectivity index (χ4v) is 4.03. The van der Waals surface area contributed by atoms with Crippen molar-refractivity contribution < 1.29 is 23.9 Å². The molecule has 0 unspecified atom stereocenters. The van der Waals surface area contributed by atoms with Crippen molar-refractivity contribution in [1.82, 2.24) is 0 Å². The Hall–Kier alpha value is -3.85. The second kappa shape index (κ2) is 11.7. The van der Waals surface area contributed by atoms with Gasteiger partial charge >= 0.3 is 5.97 Å². The Labute approximate surface area is 233 Å². The number of nitrogens with zero attached hydrogens (tertiary/aromatic N) is 1. The summed E-state index contributed by atoms with van der Waals surface area (Å²) in [6.45, 7) is 2.23. The average molecular weight is 573 g/mol. The number of rotatable bonds is 8. The summed E-state index contributed by atoms with van der Waals surface area (Å²) in [5, 5.41) is 5.71. The number of carbonyl (C=O) groups is 4. The molecule has 0 aromatic heterocycles. The maximum atomic E-state index is 13.0. The van der Waals surface area contributed by atoms with Crippen molar-refractivity contribution in [2.24, 2.45) is 0 Å². The number of halogens is 3. The standard InChI is InChI=1S/C27H20Cl3N3O5/c1-2-12-38-27(37)15-6-8-17(9-7-15)32-24(34)16-4-3-5-18(13-16)31-23-22(30)25(35)33(26(23)36)19-10-11-20(28)21(29)14-19/h3-11,13-14,31H,2,12H2,1H3,(H,32,34). The van der Waals surface area contributed by atoms with E-state index in [0.717, 1.165) is 11.3 Å². The maximum Gasteiger partial charge on any atom is 0.338 e. The lowest BCUT2D eigenvalue weighted by Crippen LogP contribution is -2.32. The van der Waals surface area contributed by atoms with Crippen LogP contribution in [0.4, 0.5) is 17.1 Å². The molecule has 0 saturated heterocycles. The van der Waals surface area contributed by atoms with Crippen molar-refractivity contribution in [3.05, 3.63) is 98.6 Å².